The molecule has 0 unspecified atom stereocenters. The number of carbonyl (C=O) groups is 1. The number of aromatic nitrogens is 3. The van der Waals surface area contributed by atoms with Crippen LogP contribution in [-0.2, 0) is 11.3 Å². The van der Waals surface area contributed by atoms with Gasteiger partial charge in [-0.1, -0.05) is 29.8 Å². The first-order valence-corrected chi connectivity index (χ1v) is 11.8. The Morgan fingerprint density at radius 3 is 2.56 bits per heavy atom. The minimum absolute atomic E-state index is 0.0149. The molecule has 0 spiro atoms. The lowest BCUT2D eigenvalue weighted by atomic mass is 10.0. The third-order valence-electron chi connectivity index (χ3n) is 6.14. The number of likely N-dealkylation sites (N-methyl/N-ethyl adjacent to an activating group) is 1. The Bertz CT molecular complexity index is 1490. The molecule has 2 aromatic heterocycles. The molecule has 8 nitrogen and oxygen atoms in total. The van der Waals surface area contributed by atoms with E-state index in [1.54, 1.807) is 27.4 Å². The maximum absolute atomic E-state index is 12.8. The standard InChI is InChI=1S/C28H31N5O3/c1-17-8-7-9-20(12-17)18(2)29-28-23-14-22(25(36-6)15-24(23)30-19(3)31-28)21-10-11-33(26(34)13-21)16-27(35)32(4)5/h7-15,18H,16H2,1-6H3,(H,29,30,31)/t18-/m1/s1. The van der Waals surface area contributed by atoms with Crippen molar-refractivity contribution in [1.82, 2.24) is 19.4 Å². The van der Waals surface area contributed by atoms with Gasteiger partial charge in [-0.3, -0.25) is 9.59 Å². The molecule has 1 amide bonds. The van der Waals surface area contributed by atoms with Crippen molar-refractivity contribution in [3.63, 3.8) is 0 Å². The van der Waals surface area contributed by atoms with E-state index in [9.17, 15) is 9.59 Å². The van der Waals surface area contributed by atoms with Gasteiger partial charge >= 0.3 is 0 Å². The Morgan fingerprint density at radius 1 is 1.11 bits per heavy atom. The van der Waals surface area contributed by atoms with Crippen LogP contribution in [0.1, 0.15) is 29.9 Å². The third-order valence-corrected chi connectivity index (χ3v) is 6.14. The summed E-state index contributed by atoms with van der Waals surface area (Å²) in [6, 6.07) is 15.5. The van der Waals surface area contributed by atoms with Gasteiger partial charge in [0.1, 0.15) is 23.9 Å². The van der Waals surface area contributed by atoms with Crippen molar-refractivity contribution < 1.29 is 9.53 Å². The lowest BCUT2D eigenvalue weighted by molar-refractivity contribution is -0.129. The fraction of sp³-hybridized carbons (Fsp3) is 0.286. The van der Waals surface area contributed by atoms with E-state index in [0.717, 1.165) is 22.0 Å². The smallest absolute Gasteiger partial charge is 0.251 e. The largest absolute Gasteiger partial charge is 0.496 e. The molecule has 1 atom stereocenters. The number of benzene rings is 2. The SMILES string of the molecule is COc1cc2nc(C)nc(N[C@H](C)c3cccc(C)c3)c2cc1-c1ccn(CC(=O)N(C)C)c(=O)c1. The van der Waals surface area contributed by atoms with Crippen molar-refractivity contribution in [1.29, 1.82) is 0 Å². The van der Waals surface area contributed by atoms with Crippen LogP contribution >= 0.6 is 0 Å². The molecule has 1 N–H and O–H groups in total. The van der Waals surface area contributed by atoms with E-state index in [2.05, 4.69) is 47.3 Å². The Kier molecular flexibility index (Phi) is 7.05. The number of methoxy groups -OCH3 is 1. The van der Waals surface area contributed by atoms with Crippen LogP contribution in [0.4, 0.5) is 5.82 Å². The van der Waals surface area contributed by atoms with Crippen molar-refractivity contribution in [2.24, 2.45) is 0 Å². The van der Waals surface area contributed by atoms with Crippen molar-refractivity contribution in [2.45, 2.75) is 33.4 Å². The Hall–Kier alpha value is -4.20. The van der Waals surface area contributed by atoms with Crippen LogP contribution in [0.5, 0.6) is 5.75 Å². The number of fused-ring (bicyclic) bond motifs is 1. The first-order chi connectivity index (χ1) is 17.2. The molecule has 8 heteroatoms. The predicted octanol–water partition coefficient (Wildman–Crippen LogP) is 4.35. The summed E-state index contributed by atoms with van der Waals surface area (Å²) in [7, 11) is 4.92. The Balaban J connectivity index is 1.78. The van der Waals surface area contributed by atoms with Crippen molar-refractivity contribution in [2.75, 3.05) is 26.5 Å². The third kappa shape index (κ3) is 5.22. The summed E-state index contributed by atoms with van der Waals surface area (Å²) in [6.07, 6.45) is 1.63. The molecule has 0 aliphatic heterocycles. The number of aryl methyl sites for hydroxylation is 2. The summed E-state index contributed by atoms with van der Waals surface area (Å²) in [4.78, 5) is 35.6. The summed E-state index contributed by atoms with van der Waals surface area (Å²) in [5.74, 6) is 1.80. The number of pyridine rings is 1. The fourth-order valence-corrected chi connectivity index (χ4v) is 4.10. The summed E-state index contributed by atoms with van der Waals surface area (Å²) >= 11 is 0. The molecule has 186 valence electrons. The van der Waals surface area contributed by atoms with Gasteiger partial charge in [-0.05, 0) is 44.0 Å². The molecule has 4 rings (SSSR count). The van der Waals surface area contributed by atoms with Crippen molar-refractivity contribution in [3.05, 3.63) is 82.0 Å². The second-order valence-electron chi connectivity index (χ2n) is 9.14. The first kappa shape index (κ1) is 24.9. The molecule has 2 heterocycles. The number of nitrogens with zero attached hydrogens (tertiary/aromatic N) is 4. The zero-order valence-electron chi connectivity index (χ0n) is 21.5. The molecular formula is C28H31N5O3. The van der Waals surface area contributed by atoms with Crippen LogP contribution in [0.3, 0.4) is 0 Å². The molecule has 0 aliphatic rings. The highest BCUT2D eigenvalue weighted by atomic mass is 16.5. The molecule has 0 bridgehead atoms. The molecule has 0 saturated carbocycles. The van der Waals surface area contributed by atoms with Crippen LogP contribution < -0.4 is 15.6 Å². The summed E-state index contributed by atoms with van der Waals surface area (Å²) in [5, 5.41) is 4.36. The van der Waals surface area contributed by atoms with Gasteiger partial charge in [0.15, 0.2) is 0 Å². The molecule has 0 aliphatic carbocycles. The lowest BCUT2D eigenvalue weighted by Crippen LogP contribution is -2.31. The van der Waals surface area contributed by atoms with E-state index in [4.69, 9.17) is 4.74 Å². The van der Waals surface area contributed by atoms with Crippen molar-refractivity contribution in [3.8, 4) is 16.9 Å². The zero-order valence-corrected chi connectivity index (χ0v) is 21.5. The van der Waals surface area contributed by atoms with E-state index < -0.39 is 0 Å². The van der Waals surface area contributed by atoms with Crippen molar-refractivity contribution >= 4 is 22.6 Å². The fourth-order valence-electron chi connectivity index (χ4n) is 4.10. The van der Waals surface area contributed by atoms with Gasteiger partial charge in [-0.25, -0.2) is 9.97 Å². The van der Waals surface area contributed by atoms with Crippen LogP contribution in [0.15, 0.2) is 59.5 Å². The average Bonchev–Trinajstić information content (AvgIpc) is 2.84. The maximum atomic E-state index is 12.8. The summed E-state index contributed by atoms with van der Waals surface area (Å²) in [5.41, 5.74) is 4.25. The Morgan fingerprint density at radius 2 is 1.89 bits per heavy atom. The second kappa shape index (κ2) is 10.2. The highest BCUT2D eigenvalue weighted by Gasteiger charge is 2.16. The van der Waals surface area contributed by atoms with E-state index >= 15 is 0 Å². The number of rotatable bonds is 7. The molecule has 0 saturated heterocycles. The minimum Gasteiger partial charge on any atom is -0.496 e. The van der Waals surface area contributed by atoms with Gasteiger partial charge in [0, 0.05) is 49.4 Å². The predicted molar refractivity (Wildman–Crippen MR) is 142 cm³/mol. The Labute approximate surface area is 210 Å². The monoisotopic (exact) mass is 485 g/mol. The normalized spacial score (nSPS) is 11.8. The van der Waals surface area contributed by atoms with Gasteiger partial charge < -0.3 is 19.5 Å². The minimum atomic E-state index is -0.267. The second-order valence-corrected chi connectivity index (χ2v) is 9.14. The molecule has 4 aromatic rings. The molecule has 0 fully saturated rings. The average molecular weight is 486 g/mol. The van der Waals surface area contributed by atoms with Crippen LogP contribution in [0.2, 0.25) is 0 Å². The number of amides is 1. The van der Waals surface area contributed by atoms with Crippen LogP contribution in [0, 0.1) is 13.8 Å². The highest BCUT2D eigenvalue weighted by Crippen LogP contribution is 2.36. The van der Waals surface area contributed by atoms with Gasteiger partial charge in [0.2, 0.25) is 5.91 Å². The van der Waals surface area contributed by atoms with Gasteiger partial charge in [0.25, 0.3) is 5.56 Å². The number of hydrogen-bond donors (Lipinski definition) is 1. The van der Waals surface area contributed by atoms with Crippen LogP contribution in [0.25, 0.3) is 22.0 Å². The number of ether oxygens (including phenoxy) is 1. The van der Waals surface area contributed by atoms with E-state index in [1.807, 2.05) is 31.2 Å². The lowest BCUT2D eigenvalue weighted by Gasteiger charge is -2.19. The molecule has 36 heavy (non-hydrogen) atoms. The number of anilines is 1. The highest BCUT2D eigenvalue weighted by molar-refractivity contribution is 5.95. The quantitative estimate of drug-likeness (QED) is 0.419. The maximum Gasteiger partial charge on any atom is 0.251 e. The number of hydrogen-bond acceptors (Lipinski definition) is 6. The first-order valence-electron chi connectivity index (χ1n) is 11.8. The summed E-state index contributed by atoms with van der Waals surface area (Å²) in [6.45, 7) is 6.01. The van der Waals surface area contributed by atoms with E-state index in [0.29, 0.717) is 23.0 Å². The van der Waals surface area contributed by atoms with Crippen LogP contribution in [-0.4, -0.2) is 46.5 Å². The molecular weight excluding hydrogens is 454 g/mol. The molecule has 2 aromatic carbocycles. The number of nitrogens with one attached hydrogen (secondary N) is 1. The van der Waals surface area contributed by atoms with E-state index in [1.165, 1.54) is 21.1 Å². The van der Waals surface area contributed by atoms with Gasteiger partial charge in [-0.15, -0.1) is 0 Å². The molecule has 0 radical (unpaired) electrons. The number of carbonyl (C=O) groups excluding carboxylic acids is 1. The zero-order chi connectivity index (χ0) is 26.0. The topological polar surface area (TPSA) is 89.3 Å². The summed E-state index contributed by atoms with van der Waals surface area (Å²) < 4.78 is 7.06. The van der Waals surface area contributed by atoms with Gasteiger partial charge in [-0.2, -0.15) is 0 Å². The van der Waals surface area contributed by atoms with Gasteiger partial charge in [0.05, 0.1) is 12.6 Å². The van der Waals surface area contributed by atoms with E-state index in [-0.39, 0.29) is 24.1 Å².